The summed E-state index contributed by atoms with van der Waals surface area (Å²) in [5.74, 6) is -1.28. The Morgan fingerprint density at radius 2 is 2.06 bits per heavy atom. The summed E-state index contributed by atoms with van der Waals surface area (Å²) in [6.45, 7) is 0. The van der Waals surface area contributed by atoms with Crippen LogP contribution in [0.15, 0.2) is 35.8 Å². The van der Waals surface area contributed by atoms with Crippen molar-refractivity contribution in [1.82, 2.24) is 4.98 Å². The van der Waals surface area contributed by atoms with Gasteiger partial charge in [0.05, 0.1) is 0 Å². The number of rotatable bonds is 1. The van der Waals surface area contributed by atoms with E-state index < -0.39 is 11.6 Å². The van der Waals surface area contributed by atoms with Crippen molar-refractivity contribution in [1.29, 1.82) is 0 Å². The Hall–Kier alpha value is -1.16. The Kier molecular flexibility index (Phi) is 3.85. The van der Waals surface area contributed by atoms with Gasteiger partial charge >= 0.3 is 0 Å². The molecule has 0 amide bonds. The van der Waals surface area contributed by atoms with Crippen molar-refractivity contribution in [2.45, 2.75) is 0 Å². The van der Waals surface area contributed by atoms with Gasteiger partial charge in [0.15, 0.2) is 0 Å². The van der Waals surface area contributed by atoms with Crippen molar-refractivity contribution in [2.75, 3.05) is 0 Å². The van der Waals surface area contributed by atoms with Gasteiger partial charge in [-0.3, -0.25) is 8.78 Å². The molecule has 18 heavy (non-hydrogen) atoms. The number of aromatic nitrogens is 1. The molecule has 0 saturated heterocycles. The summed E-state index contributed by atoms with van der Waals surface area (Å²) in [5.41, 5.74) is 0.705. The van der Waals surface area contributed by atoms with Gasteiger partial charge in [-0.1, -0.05) is 17.7 Å². The molecule has 1 aromatic carbocycles. The third-order valence-electron chi connectivity index (χ3n) is 2.47. The van der Waals surface area contributed by atoms with Gasteiger partial charge < -0.3 is 4.98 Å². The van der Waals surface area contributed by atoms with E-state index in [1.165, 1.54) is 0 Å². The van der Waals surface area contributed by atoms with E-state index in [1.807, 2.05) is 17.5 Å². The molecule has 0 fully saturated rings. The van der Waals surface area contributed by atoms with E-state index in [2.05, 4.69) is 11.1 Å². The summed E-state index contributed by atoms with van der Waals surface area (Å²) in [6, 6.07) is 8.30. The van der Waals surface area contributed by atoms with Crippen molar-refractivity contribution >= 4 is 21.4 Å². The van der Waals surface area contributed by atoms with Crippen molar-refractivity contribution < 1.29 is 28.9 Å². The van der Waals surface area contributed by atoms with Crippen molar-refractivity contribution in [3.63, 3.8) is 0 Å². The van der Waals surface area contributed by atoms with Gasteiger partial charge in [-0.15, -0.1) is 23.5 Å². The van der Waals surface area contributed by atoms with Crippen LogP contribution in [0.4, 0.5) is 8.78 Å². The normalized spacial score (nSPS) is 10.3. The first kappa shape index (κ1) is 13.3. The van der Waals surface area contributed by atoms with Crippen LogP contribution < -0.4 is 0 Å². The van der Waals surface area contributed by atoms with E-state index in [4.69, 9.17) is 0 Å². The fraction of sp³-hybridized carbons (Fsp3) is 0. The zero-order chi connectivity index (χ0) is 11.8. The predicted molar refractivity (Wildman–Crippen MR) is 63.8 cm³/mol. The van der Waals surface area contributed by atoms with Gasteiger partial charge in [0.25, 0.3) is 0 Å². The number of thiophene rings is 1. The largest absolute Gasteiger partial charge is 0.304 e. The number of nitrogens with zero attached hydrogens (tertiary/aromatic N) is 1. The Morgan fingerprint density at radius 1 is 1.22 bits per heavy atom. The Bertz CT molecular complexity index is 696. The molecular weight excluding hydrogens is 432 g/mol. The molecule has 0 bridgehead atoms. The number of pyridine rings is 1. The molecule has 1 nitrogen and oxygen atoms in total. The van der Waals surface area contributed by atoms with E-state index in [0.717, 1.165) is 22.2 Å². The molecular formula is C13H6F2IrNS-. The molecule has 93 valence electrons. The van der Waals surface area contributed by atoms with Crippen molar-refractivity contribution in [3.8, 4) is 11.3 Å². The van der Waals surface area contributed by atoms with Crippen LogP contribution >= 0.6 is 11.3 Å². The van der Waals surface area contributed by atoms with E-state index in [1.54, 1.807) is 17.5 Å². The van der Waals surface area contributed by atoms with Crippen LogP contribution in [-0.4, -0.2) is 4.98 Å². The molecule has 3 aromatic rings. The monoisotopic (exact) mass is 439 g/mol. The Labute approximate surface area is 120 Å². The maximum Gasteiger partial charge on any atom is 0.0408 e. The number of hydrogen-bond donors (Lipinski definition) is 0. The quantitative estimate of drug-likeness (QED) is 0.523. The van der Waals surface area contributed by atoms with Crippen LogP contribution in [0.5, 0.6) is 0 Å². The first-order valence-corrected chi connectivity index (χ1v) is 5.83. The van der Waals surface area contributed by atoms with Gasteiger partial charge in [-0.05, 0) is 22.5 Å². The first-order valence-electron chi connectivity index (χ1n) is 4.95. The molecule has 5 heteroatoms. The Balaban J connectivity index is 0.00000120. The van der Waals surface area contributed by atoms with Gasteiger partial charge in [0, 0.05) is 42.6 Å². The summed E-state index contributed by atoms with van der Waals surface area (Å²) in [7, 11) is 0. The van der Waals surface area contributed by atoms with E-state index in [-0.39, 0.29) is 25.7 Å². The molecule has 0 aliphatic carbocycles. The van der Waals surface area contributed by atoms with Crippen LogP contribution in [0, 0.1) is 17.7 Å². The summed E-state index contributed by atoms with van der Waals surface area (Å²) >= 11 is 1.55. The fourth-order valence-corrected chi connectivity index (χ4v) is 2.50. The molecule has 0 aliphatic heterocycles. The molecule has 3 rings (SSSR count). The van der Waals surface area contributed by atoms with Crippen LogP contribution in [0.3, 0.4) is 0 Å². The number of hydrogen-bond acceptors (Lipinski definition) is 2. The maximum atomic E-state index is 13.7. The average molecular weight is 438 g/mol. The molecule has 2 heterocycles. The van der Waals surface area contributed by atoms with E-state index in [9.17, 15) is 8.78 Å². The smallest absolute Gasteiger partial charge is 0.0408 e. The molecule has 0 aliphatic rings. The van der Waals surface area contributed by atoms with Crippen molar-refractivity contribution in [2.24, 2.45) is 0 Å². The van der Waals surface area contributed by atoms with Gasteiger partial charge in [-0.2, -0.15) is 0 Å². The van der Waals surface area contributed by atoms with Gasteiger partial charge in [-0.25, -0.2) is 0 Å². The number of benzene rings is 1. The molecule has 0 unspecified atom stereocenters. The Morgan fingerprint density at radius 3 is 2.83 bits per heavy atom. The average Bonchev–Trinajstić information content (AvgIpc) is 2.77. The minimum absolute atomic E-state index is 0. The van der Waals surface area contributed by atoms with Crippen LogP contribution in [0.2, 0.25) is 0 Å². The zero-order valence-electron chi connectivity index (χ0n) is 8.91. The summed E-state index contributed by atoms with van der Waals surface area (Å²) in [6.07, 6.45) is 1.62. The van der Waals surface area contributed by atoms with Crippen LogP contribution in [0.1, 0.15) is 0 Å². The predicted octanol–water partition coefficient (Wildman–Crippen LogP) is 4.04. The molecule has 0 spiro atoms. The van der Waals surface area contributed by atoms with E-state index in [0.29, 0.717) is 5.69 Å². The molecule has 0 atom stereocenters. The topological polar surface area (TPSA) is 12.9 Å². The number of halogens is 2. The third-order valence-corrected chi connectivity index (χ3v) is 3.36. The standard InChI is InChI=1S/C13H6F2NS.Ir/c14-8-1-2-9(11(15)7-8)13-10-4-6-17-12(10)3-5-16-13;/h1,3-7H;/q-1;. The van der Waals surface area contributed by atoms with Crippen LogP contribution in [0.25, 0.3) is 21.3 Å². The summed E-state index contributed by atoms with van der Waals surface area (Å²) < 4.78 is 27.5. The molecule has 0 saturated carbocycles. The summed E-state index contributed by atoms with van der Waals surface area (Å²) in [5, 5.41) is 2.77. The molecule has 2 aromatic heterocycles. The summed E-state index contributed by atoms with van der Waals surface area (Å²) in [4.78, 5) is 4.15. The van der Waals surface area contributed by atoms with E-state index >= 15 is 0 Å². The molecule has 0 N–H and O–H groups in total. The van der Waals surface area contributed by atoms with Crippen molar-refractivity contribution in [3.05, 3.63) is 53.5 Å². The minimum Gasteiger partial charge on any atom is -0.304 e. The van der Waals surface area contributed by atoms with Crippen LogP contribution in [-0.2, 0) is 20.1 Å². The zero-order valence-corrected chi connectivity index (χ0v) is 12.1. The number of fused-ring (bicyclic) bond motifs is 1. The van der Waals surface area contributed by atoms with Gasteiger partial charge in [0.2, 0.25) is 0 Å². The third kappa shape index (κ3) is 2.21. The SMILES string of the molecule is Fc1c[c-]c(-c2nccc3sccc23)c(F)c1.[Ir]. The van der Waals surface area contributed by atoms with Gasteiger partial charge in [0.1, 0.15) is 0 Å². The molecule has 1 radical (unpaired) electrons. The second kappa shape index (κ2) is 5.22. The minimum atomic E-state index is -0.642. The second-order valence-electron chi connectivity index (χ2n) is 3.53. The fourth-order valence-electron chi connectivity index (χ4n) is 1.72. The first-order chi connectivity index (χ1) is 8.25. The maximum absolute atomic E-state index is 13.7. The second-order valence-corrected chi connectivity index (χ2v) is 4.48.